The van der Waals surface area contributed by atoms with Crippen LogP contribution in [0.25, 0.3) is 0 Å². The van der Waals surface area contributed by atoms with Crippen LogP contribution in [0.3, 0.4) is 0 Å². The molecule has 1 unspecified atom stereocenters. The summed E-state index contributed by atoms with van der Waals surface area (Å²) in [5, 5.41) is 21.8. The van der Waals surface area contributed by atoms with E-state index in [1.165, 1.54) is 24.2 Å². The lowest BCUT2D eigenvalue weighted by Crippen LogP contribution is -2.51. The quantitative estimate of drug-likeness (QED) is 0.863. The number of aliphatic hydroxyl groups excluding tert-OH is 1. The minimum Gasteiger partial charge on any atom is -0.395 e. The van der Waals surface area contributed by atoms with Crippen molar-refractivity contribution in [2.24, 2.45) is 0 Å². The molecule has 1 saturated carbocycles. The van der Waals surface area contributed by atoms with Gasteiger partial charge in [0.05, 0.1) is 12.1 Å². The van der Waals surface area contributed by atoms with Crippen LogP contribution in [0.1, 0.15) is 51.5 Å². The number of amides is 1. The van der Waals surface area contributed by atoms with Gasteiger partial charge < -0.3 is 5.11 Å². The van der Waals surface area contributed by atoms with Crippen molar-refractivity contribution in [3.05, 3.63) is 5.01 Å². The lowest BCUT2D eigenvalue weighted by atomic mass is 9.96. The van der Waals surface area contributed by atoms with Gasteiger partial charge >= 0.3 is 0 Å². The molecule has 1 aliphatic carbocycles. The molecule has 1 saturated heterocycles. The number of aromatic nitrogens is 2. The Morgan fingerprint density at radius 1 is 1.50 bits per heavy atom. The number of rotatable bonds is 5. The largest absolute Gasteiger partial charge is 0.395 e. The van der Waals surface area contributed by atoms with E-state index in [1.54, 1.807) is 0 Å². The van der Waals surface area contributed by atoms with Crippen molar-refractivity contribution in [2.45, 2.75) is 63.5 Å². The maximum Gasteiger partial charge on any atom is 0.246 e. The van der Waals surface area contributed by atoms with Gasteiger partial charge in [-0.2, -0.15) is 0 Å². The van der Waals surface area contributed by atoms with E-state index in [0.29, 0.717) is 11.2 Å². The minimum absolute atomic E-state index is 0.00273. The molecule has 22 heavy (non-hydrogen) atoms. The summed E-state index contributed by atoms with van der Waals surface area (Å²) in [7, 11) is 0. The summed E-state index contributed by atoms with van der Waals surface area (Å²) < 4.78 is 0. The van der Waals surface area contributed by atoms with Gasteiger partial charge in [-0.15, -0.1) is 10.2 Å². The van der Waals surface area contributed by atoms with Crippen molar-refractivity contribution in [3.8, 4) is 0 Å². The third-order valence-electron chi connectivity index (χ3n) is 4.79. The third-order valence-corrected chi connectivity index (χ3v) is 6.00. The van der Waals surface area contributed by atoms with E-state index < -0.39 is 11.0 Å². The third kappa shape index (κ3) is 2.77. The van der Waals surface area contributed by atoms with Gasteiger partial charge in [-0.05, 0) is 39.2 Å². The van der Waals surface area contributed by atoms with Crippen LogP contribution in [0.15, 0.2) is 0 Å². The van der Waals surface area contributed by atoms with Gasteiger partial charge in [-0.3, -0.25) is 15.0 Å². The summed E-state index contributed by atoms with van der Waals surface area (Å²) in [6, 6.07) is 0.580. The molecule has 122 valence electrons. The molecule has 1 aromatic heterocycles. The summed E-state index contributed by atoms with van der Waals surface area (Å²) in [4.78, 5) is 15.1. The predicted molar refractivity (Wildman–Crippen MR) is 86.0 cm³/mol. The monoisotopic (exact) mass is 324 g/mol. The zero-order valence-corrected chi connectivity index (χ0v) is 14.2. The second-order valence-corrected chi connectivity index (χ2v) is 8.19. The Hall–Kier alpha value is -1.05. The molecule has 0 radical (unpaired) electrons. The molecule has 1 aromatic rings. The van der Waals surface area contributed by atoms with Gasteiger partial charge in [0.15, 0.2) is 0 Å². The SMILES string of the molecule is CC(C)(CO)c1nnc(NC(=O)C2(C)CCCN2C2CC2)s1. The predicted octanol–water partition coefficient (Wildman–Crippen LogP) is 1.76. The normalized spacial score (nSPS) is 26.4. The smallest absolute Gasteiger partial charge is 0.246 e. The van der Waals surface area contributed by atoms with Gasteiger partial charge in [-0.25, -0.2) is 0 Å². The molecular formula is C15H24N4O2S. The first-order valence-corrected chi connectivity index (χ1v) is 8.71. The van der Waals surface area contributed by atoms with Gasteiger partial charge in [0, 0.05) is 11.5 Å². The van der Waals surface area contributed by atoms with Crippen LogP contribution in [0.4, 0.5) is 5.13 Å². The number of carbonyl (C=O) groups is 1. The summed E-state index contributed by atoms with van der Waals surface area (Å²) in [5.41, 5.74) is -0.864. The molecule has 0 aromatic carbocycles. The first kappa shape index (κ1) is 15.8. The molecule has 2 heterocycles. The zero-order chi connectivity index (χ0) is 16.0. The molecule has 2 aliphatic rings. The molecule has 2 fully saturated rings. The number of nitrogens with one attached hydrogen (secondary N) is 1. The fourth-order valence-corrected chi connectivity index (χ4v) is 3.88. The average Bonchev–Trinajstić information content (AvgIpc) is 3.07. The number of carbonyl (C=O) groups excluding carboxylic acids is 1. The van der Waals surface area contributed by atoms with Crippen molar-refractivity contribution in [1.82, 2.24) is 15.1 Å². The Morgan fingerprint density at radius 3 is 2.86 bits per heavy atom. The molecule has 0 spiro atoms. The van der Waals surface area contributed by atoms with E-state index in [1.807, 2.05) is 20.8 Å². The molecule has 3 rings (SSSR count). The Balaban J connectivity index is 1.71. The number of hydrogen-bond donors (Lipinski definition) is 2. The Bertz CT molecular complexity index is 570. The number of aliphatic hydroxyl groups is 1. The highest BCUT2D eigenvalue weighted by Crippen LogP contribution is 2.40. The second-order valence-electron chi connectivity index (χ2n) is 7.21. The lowest BCUT2D eigenvalue weighted by Gasteiger charge is -2.33. The number of nitrogens with zero attached hydrogens (tertiary/aromatic N) is 3. The molecule has 1 atom stereocenters. The summed E-state index contributed by atoms with van der Waals surface area (Å²) in [6.07, 6.45) is 4.37. The van der Waals surface area contributed by atoms with Gasteiger partial charge in [0.1, 0.15) is 5.01 Å². The maximum atomic E-state index is 12.7. The molecule has 6 nitrogen and oxygen atoms in total. The van der Waals surface area contributed by atoms with E-state index >= 15 is 0 Å². The topological polar surface area (TPSA) is 78.4 Å². The maximum absolute atomic E-state index is 12.7. The van der Waals surface area contributed by atoms with E-state index in [4.69, 9.17) is 0 Å². The minimum atomic E-state index is -0.433. The standard InChI is InChI=1S/C15H24N4O2S/c1-14(2,9-20)12-17-18-13(22-12)16-11(21)15(3)7-4-8-19(15)10-5-6-10/h10,20H,4-9H2,1-3H3,(H,16,18,21). The van der Waals surface area contributed by atoms with Crippen LogP contribution in [0.2, 0.25) is 0 Å². The summed E-state index contributed by atoms with van der Waals surface area (Å²) in [5.74, 6) is 0.0152. The summed E-state index contributed by atoms with van der Waals surface area (Å²) in [6.45, 7) is 6.86. The van der Waals surface area contributed by atoms with E-state index in [2.05, 4.69) is 20.4 Å². The van der Waals surface area contributed by atoms with Crippen molar-refractivity contribution in [2.75, 3.05) is 18.5 Å². The Kier molecular flexibility index (Phi) is 3.99. The fourth-order valence-electron chi connectivity index (χ4n) is 3.05. The highest BCUT2D eigenvalue weighted by molar-refractivity contribution is 7.15. The van der Waals surface area contributed by atoms with Gasteiger partial charge in [-0.1, -0.05) is 25.2 Å². The van der Waals surface area contributed by atoms with Crippen LogP contribution in [-0.4, -0.2) is 50.8 Å². The molecule has 1 amide bonds. The second kappa shape index (κ2) is 5.54. The van der Waals surface area contributed by atoms with E-state index in [9.17, 15) is 9.90 Å². The van der Waals surface area contributed by atoms with Gasteiger partial charge in [0.2, 0.25) is 11.0 Å². The highest BCUT2D eigenvalue weighted by Gasteiger charge is 2.49. The Labute approximate surface area is 134 Å². The van der Waals surface area contributed by atoms with Crippen molar-refractivity contribution < 1.29 is 9.90 Å². The number of anilines is 1. The average molecular weight is 324 g/mol. The first-order valence-electron chi connectivity index (χ1n) is 7.90. The van der Waals surface area contributed by atoms with Crippen LogP contribution < -0.4 is 5.32 Å². The summed E-state index contributed by atoms with van der Waals surface area (Å²) >= 11 is 1.34. The molecular weight excluding hydrogens is 300 g/mol. The number of hydrogen-bond acceptors (Lipinski definition) is 6. The van der Waals surface area contributed by atoms with Crippen LogP contribution in [-0.2, 0) is 10.2 Å². The van der Waals surface area contributed by atoms with Crippen LogP contribution in [0, 0.1) is 0 Å². The van der Waals surface area contributed by atoms with Crippen molar-refractivity contribution in [1.29, 1.82) is 0 Å². The van der Waals surface area contributed by atoms with Crippen LogP contribution >= 0.6 is 11.3 Å². The lowest BCUT2D eigenvalue weighted by molar-refractivity contribution is -0.125. The van der Waals surface area contributed by atoms with E-state index in [-0.39, 0.29) is 12.5 Å². The zero-order valence-electron chi connectivity index (χ0n) is 13.4. The van der Waals surface area contributed by atoms with E-state index in [0.717, 1.165) is 24.4 Å². The molecule has 1 aliphatic heterocycles. The Morgan fingerprint density at radius 2 is 2.23 bits per heavy atom. The van der Waals surface area contributed by atoms with Crippen LogP contribution in [0.5, 0.6) is 0 Å². The number of likely N-dealkylation sites (tertiary alicyclic amines) is 1. The fraction of sp³-hybridized carbons (Fsp3) is 0.800. The highest BCUT2D eigenvalue weighted by atomic mass is 32.1. The molecule has 2 N–H and O–H groups in total. The first-order chi connectivity index (χ1) is 10.4. The molecule has 7 heteroatoms. The van der Waals surface area contributed by atoms with Crippen molar-refractivity contribution >= 4 is 22.4 Å². The van der Waals surface area contributed by atoms with Crippen molar-refractivity contribution in [3.63, 3.8) is 0 Å². The van der Waals surface area contributed by atoms with Gasteiger partial charge in [0.25, 0.3) is 0 Å². The molecule has 0 bridgehead atoms.